The molecular formula is C24H15FI2N2O5S. The highest BCUT2D eigenvalue weighted by Crippen LogP contribution is 2.35. The van der Waals surface area contributed by atoms with Crippen LogP contribution >= 0.6 is 56.9 Å². The summed E-state index contributed by atoms with van der Waals surface area (Å²) < 4.78 is 20.7. The maximum atomic E-state index is 13.1. The number of rotatable bonds is 7. The third-order valence-electron chi connectivity index (χ3n) is 4.98. The van der Waals surface area contributed by atoms with Gasteiger partial charge in [-0.05, 0) is 116 Å². The topological polar surface area (TPSA) is 89.7 Å². The van der Waals surface area contributed by atoms with E-state index in [1.165, 1.54) is 24.3 Å². The molecule has 0 N–H and O–H groups in total. The molecule has 3 aromatic carbocycles. The minimum Gasteiger partial charge on any atom is -0.487 e. The largest absolute Gasteiger partial charge is 0.487 e. The Kier molecular flexibility index (Phi) is 8.06. The summed E-state index contributed by atoms with van der Waals surface area (Å²) in [6, 6.07) is 15.5. The molecular weight excluding hydrogens is 701 g/mol. The molecule has 7 nitrogen and oxygen atoms in total. The molecule has 35 heavy (non-hydrogen) atoms. The van der Waals surface area contributed by atoms with Crippen LogP contribution in [0.3, 0.4) is 0 Å². The number of carbonyl (C=O) groups excluding carboxylic acids is 2. The van der Waals surface area contributed by atoms with Crippen molar-refractivity contribution >= 4 is 79.9 Å². The highest BCUT2D eigenvalue weighted by Gasteiger charge is 2.35. The van der Waals surface area contributed by atoms with Crippen molar-refractivity contribution in [1.29, 1.82) is 0 Å². The zero-order valence-electron chi connectivity index (χ0n) is 17.7. The number of ether oxygens (including phenoxy) is 1. The number of amides is 2. The minimum atomic E-state index is -0.452. The molecule has 3 aromatic rings. The number of non-ortho nitro benzene ring substituents is 1. The monoisotopic (exact) mass is 716 g/mol. The lowest BCUT2D eigenvalue weighted by molar-refractivity contribution is -0.384. The molecule has 0 saturated carbocycles. The van der Waals surface area contributed by atoms with Gasteiger partial charge in [-0.2, -0.15) is 0 Å². The SMILES string of the molecule is O=C1SC(=Cc2cc(I)c(OCc3ccc([N+](=O)[O-])cc3)c(I)c2)C(=O)N1Cc1ccc(F)cc1. The van der Waals surface area contributed by atoms with Crippen molar-refractivity contribution in [3.63, 3.8) is 0 Å². The van der Waals surface area contributed by atoms with Crippen LogP contribution in [0.25, 0.3) is 6.08 Å². The number of halogens is 3. The molecule has 11 heteroatoms. The van der Waals surface area contributed by atoms with E-state index in [1.807, 2.05) is 12.1 Å². The summed E-state index contributed by atoms with van der Waals surface area (Å²) in [7, 11) is 0. The molecule has 1 heterocycles. The summed E-state index contributed by atoms with van der Waals surface area (Å²) in [5, 5.41) is 10.4. The van der Waals surface area contributed by atoms with Crippen molar-refractivity contribution < 1.29 is 23.6 Å². The average molecular weight is 716 g/mol. The zero-order valence-corrected chi connectivity index (χ0v) is 22.9. The van der Waals surface area contributed by atoms with Gasteiger partial charge >= 0.3 is 0 Å². The normalized spacial score (nSPS) is 14.6. The van der Waals surface area contributed by atoms with Crippen molar-refractivity contribution in [2.24, 2.45) is 0 Å². The van der Waals surface area contributed by atoms with Gasteiger partial charge in [0.15, 0.2) is 0 Å². The second-order valence-electron chi connectivity index (χ2n) is 7.42. The number of benzene rings is 3. The highest BCUT2D eigenvalue weighted by atomic mass is 127. The van der Waals surface area contributed by atoms with E-state index in [9.17, 15) is 24.1 Å². The fourth-order valence-electron chi connectivity index (χ4n) is 3.23. The Morgan fingerprint density at radius 3 is 2.20 bits per heavy atom. The van der Waals surface area contributed by atoms with Gasteiger partial charge in [-0.1, -0.05) is 12.1 Å². The first-order valence-corrected chi connectivity index (χ1v) is 13.0. The smallest absolute Gasteiger partial charge is 0.293 e. The van der Waals surface area contributed by atoms with Gasteiger partial charge in [0, 0.05) is 12.1 Å². The van der Waals surface area contributed by atoms with Crippen LogP contribution in [-0.4, -0.2) is 21.0 Å². The van der Waals surface area contributed by atoms with Crippen molar-refractivity contribution in [2.45, 2.75) is 13.2 Å². The molecule has 1 fully saturated rings. The summed E-state index contributed by atoms with van der Waals surface area (Å²) in [6.07, 6.45) is 1.67. The van der Waals surface area contributed by atoms with E-state index in [4.69, 9.17) is 4.74 Å². The first-order chi connectivity index (χ1) is 16.7. The molecule has 1 aliphatic heterocycles. The van der Waals surface area contributed by atoms with E-state index in [-0.39, 0.29) is 29.9 Å². The number of nitro groups is 1. The fourth-order valence-corrected chi connectivity index (χ4v) is 6.20. The predicted molar refractivity (Wildman–Crippen MR) is 147 cm³/mol. The fraction of sp³-hybridized carbons (Fsp3) is 0.0833. The third-order valence-corrected chi connectivity index (χ3v) is 7.49. The van der Waals surface area contributed by atoms with Crippen molar-refractivity contribution in [2.75, 3.05) is 0 Å². The number of nitrogens with zero attached hydrogens (tertiary/aromatic N) is 2. The van der Waals surface area contributed by atoms with Crippen LogP contribution in [0, 0.1) is 23.1 Å². The Labute approximate surface area is 231 Å². The lowest BCUT2D eigenvalue weighted by Gasteiger charge is -2.12. The molecule has 2 amide bonds. The van der Waals surface area contributed by atoms with Crippen LogP contribution in [0.15, 0.2) is 65.6 Å². The van der Waals surface area contributed by atoms with Gasteiger partial charge in [-0.3, -0.25) is 24.6 Å². The Bertz CT molecular complexity index is 1320. The molecule has 1 saturated heterocycles. The van der Waals surface area contributed by atoms with E-state index < -0.39 is 10.8 Å². The van der Waals surface area contributed by atoms with Crippen molar-refractivity contribution in [1.82, 2.24) is 4.90 Å². The summed E-state index contributed by atoms with van der Waals surface area (Å²) in [5.41, 5.74) is 2.22. The maximum absolute atomic E-state index is 13.1. The number of imide groups is 1. The Balaban J connectivity index is 1.47. The molecule has 0 bridgehead atoms. The lowest BCUT2D eigenvalue weighted by Crippen LogP contribution is -2.27. The van der Waals surface area contributed by atoms with E-state index in [0.717, 1.165) is 34.9 Å². The number of thioether (sulfide) groups is 1. The minimum absolute atomic E-state index is 0.0179. The van der Waals surface area contributed by atoms with E-state index >= 15 is 0 Å². The zero-order chi connectivity index (χ0) is 25.1. The standard InChI is InChI=1S/C24H15FI2N2O5S/c25-17-5-1-14(2-6-17)12-28-23(30)21(35-24(28)31)11-16-9-19(26)22(20(27)10-16)34-13-15-3-7-18(8-4-15)29(32)33/h1-11H,12-13H2. The van der Waals surface area contributed by atoms with E-state index in [0.29, 0.717) is 16.2 Å². The van der Waals surface area contributed by atoms with Crippen LogP contribution in [0.4, 0.5) is 14.9 Å². The summed E-state index contributed by atoms with van der Waals surface area (Å²) in [4.78, 5) is 37.0. The second-order valence-corrected chi connectivity index (χ2v) is 10.7. The molecule has 178 valence electrons. The summed E-state index contributed by atoms with van der Waals surface area (Å²) in [5.74, 6) is -0.119. The summed E-state index contributed by atoms with van der Waals surface area (Å²) in [6.45, 7) is 0.318. The van der Waals surface area contributed by atoms with Gasteiger partial charge in [0.05, 0.1) is 23.5 Å². The first kappa shape index (κ1) is 25.6. The van der Waals surface area contributed by atoms with Crippen molar-refractivity contribution in [3.05, 3.63) is 105 Å². The van der Waals surface area contributed by atoms with Gasteiger partial charge in [0.25, 0.3) is 16.8 Å². The maximum Gasteiger partial charge on any atom is 0.293 e. The van der Waals surface area contributed by atoms with Gasteiger partial charge < -0.3 is 4.74 Å². The van der Waals surface area contributed by atoms with Gasteiger partial charge in [-0.25, -0.2) is 4.39 Å². The molecule has 0 aromatic heterocycles. The number of hydrogen-bond acceptors (Lipinski definition) is 6. The third kappa shape index (κ3) is 6.19. The molecule has 0 radical (unpaired) electrons. The van der Waals surface area contributed by atoms with Crippen LogP contribution in [0.2, 0.25) is 0 Å². The van der Waals surface area contributed by atoms with Gasteiger partial charge in [-0.15, -0.1) is 0 Å². The summed E-state index contributed by atoms with van der Waals surface area (Å²) >= 11 is 5.14. The van der Waals surface area contributed by atoms with E-state index in [1.54, 1.807) is 30.3 Å². The lowest BCUT2D eigenvalue weighted by atomic mass is 10.2. The van der Waals surface area contributed by atoms with E-state index in [2.05, 4.69) is 45.2 Å². The molecule has 0 aliphatic carbocycles. The second kappa shape index (κ2) is 11.0. The van der Waals surface area contributed by atoms with Crippen LogP contribution in [-0.2, 0) is 17.9 Å². The molecule has 0 spiro atoms. The molecule has 0 unspecified atom stereocenters. The number of nitro benzene ring substituents is 1. The van der Waals surface area contributed by atoms with Crippen LogP contribution < -0.4 is 4.74 Å². The first-order valence-electron chi connectivity index (χ1n) is 10.1. The van der Waals surface area contributed by atoms with Gasteiger partial charge in [0.1, 0.15) is 18.2 Å². The molecule has 1 aliphatic rings. The van der Waals surface area contributed by atoms with Gasteiger partial charge in [0.2, 0.25) is 0 Å². The van der Waals surface area contributed by atoms with Crippen molar-refractivity contribution in [3.8, 4) is 5.75 Å². The predicted octanol–water partition coefficient (Wildman–Crippen LogP) is 6.76. The number of hydrogen-bond donors (Lipinski definition) is 0. The Hall–Kier alpha value is -2.52. The average Bonchev–Trinajstić information content (AvgIpc) is 3.07. The molecule has 4 rings (SSSR count). The molecule has 0 atom stereocenters. The Morgan fingerprint density at radius 2 is 1.60 bits per heavy atom. The Morgan fingerprint density at radius 1 is 1.00 bits per heavy atom. The highest BCUT2D eigenvalue weighted by molar-refractivity contribution is 14.1. The quantitative estimate of drug-likeness (QED) is 0.116. The number of carbonyl (C=O) groups is 2. The van der Waals surface area contributed by atoms with Crippen LogP contribution in [0.5, 0.6) is 5.75 Å². The van der Waals surface area contributed by atoms with Crippen LogP contribution in [0.1, 0.15) is 16.7 Å².